The summed E-state index contributed by atoms with van der Waals surface area (Å²) >= 11 is 6.04. The molecule has 2 aromatic heterocycles. The zero-order chi connectivity index (χ0) is 24.6. The van der Waals surface area contributed by atoms with E-state index in [1.165, 1.54) is 0 Å². The second kappa shape index (κ2) is 12.2. The van der Waals surface area contributed by atoms with E-state index < -0.39 is 0 Å². The molecule has 35 heavy (non-hydrogen) atoms. The number of fused-ring (bicyclic) bond motifs is 1. The molecule has 1 N–H and O–H groups in total. The average molecular weight is 498 g/mol. The molecule has 1 saturated heterocycles. The number of nitrogens with one attached hydrogen (secondary N) is 1. The SMILES string of the molecule is COCCCNC(=O)CCN1CCCC1Cn1nc(Cc2ccc(Cl)cc2)c2cnccc2c1=O. The van der Waals surface area contributed by atoms with Crippen molar-refractivity contribution in [2.45, 2.75) is 44.7 Å². The fraction of sp³-hybridized carbons (Fsp3) is 0.462. The van der Waals surface area contributed by atoms with Crippen LogP contribution in [0, 0.1) is 0 Å². The molecule has 1 aliphatic heterocycles. The molecule has 8 nitrogen and oxygen atoms in total. The number of likely N-dealkylation sites (tertiary alicyclic amines) is 1. The molecule has 9 heteroatoms. The number of hydrogen-bond acceptors (Lipinski definition) is 6. The first-order chi connectivity index (χ1) is 17.0. The minimum Gasteiger partial charge on any atom is -0.385 e. The molecule has 1 atom stereocenters. The summed E-state index contributed by atoms with van der Waals surface area (Å²) in [5.74, 6) is 0.0468. The van der Waals surface area contributed by atoms with Crippen molar-refractivity contribution in [3.63, 3.8) is 0 Å². The molecule has 0 saturated carbocycles. The lowest BCUT2D eigenvalue weighted by Gasteiger charge is -2.24. The van der Waals surface area contributed by atoms with Crippen LogP contribution in [0.25, 0.3) is 10.8 Å². The van der Waals surface area contributed by atoms with Crippen LogP contribution in [0.15, 0.2) is 47.5 Å². The smallest absolute Gasteiger partial charge is 0.274 e. The van der Waals surface area contributed by atoms with Gasteiger partial charge in [-0.2, -0.15) is 5.10 Å². The molecule has 3 aromatic rings. The van der Waals surface area contributed by atoms with Crippen LogP contribution in [0.3, 0.4) is 0 Å². The van der Waals surface area contributed by atoms with Crippen LogP contribution in [0.5, 0.6) is 0 Å². The Balaban J connectivity index is 1.48. The van der Waals surface area contributed by atoms with E-state index in [9.17, 15) is 9.59 Å². The van der Waals surface area contributed by atoms with Gasteiger partial charge in [-0.25, -0.2) is 4.68 Å². The van der Waals surface area contributed by atoms with Crippen molar-refractivity contribution in [1.82, 2.24) is 25.0 Å². The topological polar surface area (TPSA) is 89.3 Å². The molecule has 0 aliphatic carbocycles. The van der Waals surface area contributed by atoms with Crippen molar-refractivity contribution in [1.29, 1.82) is 0 Å². The number of hydrogen-bond donors (Lipinski definition) is 1. The van der Waals surface area contributed by atoms with Crippen molar-refractivity contribution in [2.24, 2.45) is 0 Å². The molecule has 1 amide bonds. The second-order valence-electron chi connectivity index (χ2n) is 8.94. The summed E-state index contributed by atoms with van der Waals surface area (Å²) < 4.78 is 6.61. The van der Waals surface area contributed by atoms with Gasteiger partial charge in [0.1, 0.15) is 0 Å². The van der Waals surface area contributed by atoms with Crippen LogP contribution in [-0.4, -0.2) is 65.0 Å². The summed E-state index contributed by atoms with van der Waals surface area (Å²) in [5, 5.41) is 9.81. The van der Waals surface area contributed by atoms with E-state index in [-0.39, 0.29) is 17.5 Å². The van der Waals surface area contributed by atoms with Gasteiger partial charge in [0, 0.05) is 68.5 Å². The lowest BCUT2D eigenvalue weighted by Crippen LogP contribution is -2.39. The van der Waals surface area contributed by atoms with Gasteiger partial charge < -0.3 is 10.1 Å². The maximum absolute atomic E-state index is 13.3. The van der Waals surface area contributed by atoms with E-state index in [4.69, 9.17) is 21.4 Å². The monoisotopic (exact) mass is 497 g/mol. The Kier molecular flexibility index (Phi) is 8.84. The number of ether oxygens (including phenoxy) is 1. The summed E-state index contributed by atoms with van der Waals surface area (Å²) in [5.41, 5.74) is 1.77. The third kappa shape index (κ3) is 6.66. The van der Waals surface area contributed by atoms with Gasteiger partial charge in [-0.3, -0.25) is 19.5 Å². The molecule has 0 spiro atoms. The number of halogens is 1. The van der Waals surface area contributed by atoms with Crippen molar-refractivity contribution in [2.75, 3.05) is 33.4 Å². The number of aromatic nitrogens is 3. The number of rotatable bonds is 11. The Morgan fingerprint density at radius 3 is 2.86 bits per heavy atom. The van der Waals surface area contributed by atoms with Crippen molar-refractivity contribution in [3.8, 4) is 0 Å². The fourth-order valence-electron chi connectivity index (χ4n) is 4.62. The van der Waals surface area contributed by atoms with Crippen molar-refractivity contribution < 1.29 is 9.53 Å². The first kappa shape index (κ1) is 25.3. The lowest BCUT2D eigenvalue weighted by atomic mass is 10.1. The van der Waals surface area contributed by atoms with Crippen molar-refractivity contribution in [3.05, 3.63) is 69.4 Å². The molecule has 4 rings (SSSR count). The normalized spacial score (nSPS) is 16.1. The average Bonchev–Trinajstić information content (AvgIpc) is 3.31. The van der Waals surface area contributed by atoms with Gasteiger partial charge in [-0.05, 0) is 49.6 Å². The number of amides is 1. The highest BCUT2D eigenvalue weighted by Gasteiger charge is 2.26. The molecule has 0 bridgehead atoms. The summed E-state index contributed by atoms with van der Waals surface area (Å²) in [7, 11) is 1.66. The largest absolute Gasteiger partial charge is 0.385 e. The molecule has 1 aliphatic rings. The zero-order valence-corrected chi connectivity index (χ0v) is 20.8. The molecular weight excluding hydrogens is 466 g/mol. The van der Waals surface area contributed by atoms with Gasteiger partial charge in [0.05, 0.1) is 17.6 Å². The van der Waals surface area contributed by atoms with Gasteiger partial charge >= 0.3 is 0 Å². The number of nitrogens with zero attached hydrogens (tertiary/aromatic N) is 4. The molecule has 186 valence electrons. The Labute approximate surface area is 210 Å². The number of pyridine rings is 1. The first-order valence-electron chi connectivity index (χ1n) is 12.1. The minimum absolute atomic E-state index is 0.0468. The summed E-state index contributed by atoms with van der Waals surface area (Å²) in [4.78, 5) is 32.0. The summed E-state index contributed by atoms with van der Waals surface area (Å²) in [6, 6.07) is 9.60. The molecule has 1 aromatic carbocycles. The van der Waals surface area contributed by atoms with Crippen molar-refractivity contribution >= 4 is 28.3 Å². The Bertz CT molecular complexity index is 1200. The Hall–Kier alpha value is -2.81. The predicted octanol–water partition coefficient (Wildman–Crippen LogP) is 3.04. The fourth-order valence-corrected chi connectivity index (χ4v) is 4.74. The van der Waals surface area contributed by atoms with E-state index in [2.05, 4.69) is 15.2 Å². The van der Waals surface area contributed by atoms with E-state index in [0.29, 0.717) is 49.5 Å². The number of carbonyl (C=O) groups is 1. The molecule has 3 heterocycles. The van der Waals surface area contributed by atoms with Gasteiger partial charge in [-0.1, -0.05) is 23.7 Å². The van der Waals surface area contributed by atoms with Crippen LogP contribution in [0.2, 0.25) is 5.02 Å². The van der Waals surface area contributed by atoms with Crippen LogP contribution < -0.4 is 10.9 Å². The lowest BCUT2D eigenvalue weighted by molar-refractivity contribution is -0.121. The highest BCUT2D eigenvalue weighted by molar-refractivity contribution is 6.30. The second-order valence-corrected chi connectivity index (χ2v) is 9.37. The maximum atomic E-state index is 13.3. The Morgan fingerprint density at radius 1 is 1.23 bits per heavy atom. The van der Waals surface area contributed by atoms with Gasteiger partial charge in [0.2, 0.25) is 5.91 Å². The summed E-state index contributed by atoms with van der Waals surface area (Å²) in [6.07, 6.45) is 7.21. The highest BCUT2D eigenvalue weighted by atomic mass is 35.5. The van der Waals surface area contributed by atoms with E-state index >= 15 is 0 Å². The van der Waals surface area contributed by atoms with Crippen LogP contribution in [-0.2, 0) is 22.5 Å². The summed E-state index contributed by atoms with van der Waals surface area (Å²) in [6.45, 7) is 3.35. The first-order valence-corrected chi connectivity index (χ1v) is 12.5. The molecule has 1 unspecified atom stereocenters. The van der Waals surface area contributed by atoms with E-state index in [1.807, 2.05) is 24.3 Å². The third-order valence-electron chi connectivity index (χ3n) is 6.48. The predicted molar refractivity (Wildman–Crippen MR) is 137 cm³/mol. The Morgan fingerprint density at radius 2 is 2.06 bits per heavy atom. The van der Waals surface area contributed by atoms with Gasteiger partial charge in [-0.15, -0.1) is 0 Å². The quantitative estimate of drug-likeness (QED) is 0.409. The van der Waals surface area contributed by atoms with Crippen LogP contribution in [0.4, 0.5) is 0 Å². The maximum Gasteiger partial charge on any atom is 0.274 e. The van der Waals surface area contributed by atoms with Gasteiger partial charge in [0.25, 0.3) is 5.56 Å². The molecular formula is C26H32ClN5O3. The highest BCUT2D eigenvalue weighted by Crippen LogP contribution is 2.21. The molecule has 1 fully saturated rings. The van der Waals surface area contributed by atoms with Crippen LogP contribution >= 0.6 is 11.6 Å². The minimum atomic E-state index is -0.106. The number of methoxy groups -OCH3 is 1. The van der Waals surface area contributed by atoms with E-state index in [1.54, 1.807) is 30.3 Å². The standard InChI is InChI=1S/C26H32ClN5O3/c1-35-15-3-11-29-25(33)10-14-31-13-2-4-21(31)18-32-26(34)22-9-12-28-17-23(22)24(30-32)16-19-5-7-20(27)8-6-19/h5-9,12,17,21H,2-4,10-11,13-16,18H2,1H3,(H,29,33). The van der Waals surface area contributed by atoms with Gasteiger partial charge in [0.15, 0.2) is 0 Å². The zero-order valence-electron chi connectivity index (χ0n) is 20.1. The van der Waals surface area contributed by atoms with E-state index in [0.717, 1.165) is 42.5 Å². The number of benzene rings is 1. The number of carbonyl (C=O) groups excluding carboxylic acids is 1. The third-order valence-corrected chi connectivity index (χ3v) is 6.73. The van der Waals surface area contributed by atoms with Crippen LogP contribution in [0.1, 0.15) is 36.9 Å². The molecule has 0 radical (unpaired) electrons.